The summed E-state index contributed by atoms with van der Waals surface area (Å²) in [7, 11) is 0. The van der Waals surface area contributed by atoms with E-state index in [1.807, 2.05) is 0 Å². The van der Waals surface area contributed by atoms with E-state index >= 15 is 0 Å². The predicted octanol–water partition coefficient (Wildman–Crippen LogP) is 3.87. The first-order valence-electron chi connectivity index (χ1n) is 5.06. The minimum Gasteiger partial charge on any atom is -0.289 e. The van der Waals surface area contributed by atoms with Crippen molar-refractivity contribution in [2.45, 2.75) is 20.3 Å². The van der Waals surface area contributed by atoms with Gasteiger partial charge >= 0.3 is 0 Å². The fourth-order valence-electron chi connectivity index (χ4n) is 1.05. The van der Waals surface area contributed by atoms with Crippen LogP contribution in [0.2, 0.25) is 0 Å². The van der Waals surface area contributed by atoms with Gasteiger partial charge in [-0.15, -0.1) is 0 Å². The lowest BCUT2D eigenvalue weighted by Crippen LogP contribution is -2.00. The maximum Gasteiger partial charge on any atom is 0.188 e. The second-order valence-electron chi connectivity index (χ2n) is 3.19. The SMILES string of the molecule is C=CC(=O)c1c(C)cccc1F.CCCF. The summed E-state index contributed by atoms with van der Waals surface area (Å²) in [6.07, 6.45) is 1.77. The molecule has 0 aromatic heterocycles. The van der Waals surface area contributed by atoms with Gasteiger partial charge in [-0.05, 0) is 31.1 Å². The Hall–Kier alpha value is -1.51. The molecule has 0 unspecified atom stereocenters. The highest BCUT2D eigenvalue weighted by molar-refractivity contribution is 6.05. The average Bonchev–Trinajstić information content (AvgIpc) is 2.29. The zero-order valence-corrected chi connectivity index (χ0v) is 9.59. The molecule has 0 bridgehead atoms. The van der Waals surface area contributed by atoms with Crippen LogP contribution in [0.4, 0.5) is 8.78 Å². The number of ketones is 1. The Morgan fingerprint density at radius 2 is 2.06 bits per heavy atom. The molecule has 0 aliphatic heterocycles. The van der Waals surface area contributed by atoms with E-state index in [1.165, 1.54) is 6.07 Å². The van der Waals surface area contributed by atoms with Gasteiger partial charge in [0.2, 0.25) is 0 Å². The summed E-state index contributed by atoms with van der Waals surface area (Å²) in [6.45, 7) is 6.62. The third kappa shape index (κ3) is 4.34. The Bertz CT molecular complexity index is 337. The summed E-state index contributed by atoms with van der Waals surface area (Å²) in [6, 6.07) is 4.54. The Labute approximate surface area is 94.8 Å². The molecular weight excluding hydrogens is 210 g/mol. The first-order chi connectivity index (χ1) is 7.58. The Balaban J connectivity index is 0.000000487. The molecule has 0 atom stereocenters. The molecular formula is C13H16F2O. The van der Waals surface area contributed by atoms with Crippen LogP contribution in [0.1, 0.15) is 29.3 Å². The number of carbonyl (C=O) groups excluding carboxylic acids is 1. The minimum absolute atomic E-state index is 0.118. The van der Waals surface area contributed by atoms with Gasteiger partial charge in [-0.3, -0.25) is 9.18 Å². The van der Waals surface area contributed by atoms with Crippen LogP contribution in [-0.4, -0.2) is 12.5 Å². The van der Waals surface area contributed by atoms with Gasteiger partial charge in [0.25, 0.3) is 0 Å². The molecule has 0 amide bonds. The Morgan fingerprint density at radius 1 is 1.50 bits per heavy atom. The smallest absolute Gasteiger partial charge is 0.188 e. The third-order valence-electron chi connectivity index (χ3n) is 1.84. The van der Waals surface area contributed by atoms with E-state index < -0.39 is 5.82 Å². The fraction of sp³-hybridized carbons (Fsp3) is 0.308. The van der Waals surface area contributed by atoms with Crippen molar-refractivity contribution in [1.29, 1.82) is 0 Å². The van der Waals surface area contributed by atoms with Crippen LogP contribution in [0, 0.1) is 12.7 Å². The van der Waals surface area contributed by atoms with Crippen molar-refractivity contribution in [3.63, 3.8) is 0 Å². The standard InChI is InChI=1S/C10H9FO.C3H7F/c1-3-9(12)10-7(2)5-4-6-8(10)11;1-2-3-4/h3-6H,1H2,2H3;2-3H2,1H3. The molecule has 88 valence electrons. The molecule has 3 heteroatoms. The molecule has 0 N–H and O–H groups in total. The molecule has 1 nitrogen and oxygen atoms in total. The second-order valence-corrected chi connectivity index (χ2v) is 3.19. The van der Waals surface area contributed by atoms with Crippen molar-refractivity contribution < 1.29 is 13.6 Å². The number of carbonyl (C=O) groups is 1. The quantitative estimate of drug-likeness (QED) is 0.565. The van der Waals surface area contributed by atoms with Crippen molar-refractivity contribution in [2.24, 2.45) is 0 Å². The predicted molar refractivity (Wildman–Crippen MR) is 61.9 cm³/mol. The van der Waals surface area contributed by atoms with Crippen molar-refractivity contribution in [1.82, 2.24) is 0 Å². The van der Waals surface area contributed by atoms with E-state index in [0.29, 0.717) is 12.0 Å². The van der Waals surface area contributed by atoms with Crippen LogP contribution in [0.25, 0.3) is 0 Å². The van der Waals surface area contributed by atoms with Crippen LogP contribution in [-0.2, 0) is 0 Å². The number of alkyl halides is 1. The first-order valence-corrected chi connectivity index (χ1v) is 5.06. The summed E-state index contributed by atoms with van der Waals surface area (Å²) in [5.41, 5.74) is 0.757. The summed E-state index contributed by atoms with van der Waals surface area (Å²) in [4.78, 5) is 11.1. The normalized spacial score (nSPS) is 9.00. The lowest BCUT2D eigenvalue weighted by Gasteiger charge is -2.01. The molecule has 16 heavy (non-hydrogen) atoms. The number of allylic oxidation sites excluding steroid dienone is 1. The molecule has 1 rings (SSSR count). The maximum absolute atomic E-state index is 13.0. The molecule has 0 saturated carbocycles. The van der Waals surface area contributed by atoms with Crippen molar-refractivity contribution in [2.75, 3.05) is 6.67 Å². The molecule has 0 aliphatic rings. The number of rotatable bonds is 3. The summed E-state index contributed by atoms with van der Waals surface area (Å²) < 4.78 is 23.7. The zero-order valence-electron chi connectivity index (χ0n) is 9.59. The Kier molecular flexibility index (Phi) is 7.01. The third-order valence-corrected chi connectivity index (χ3v) is 1.84. The molecule has 0 fully saturated rings. The van der Waals surface area contributed by atoms with E-state index in [2.05, 4.69) is 6.58 Å². The molecule has 0 radical (unpaired) electrons. The second kappa shape index (κ2) is 7.74. The van der Waals surface area contributed by atoms with Gasteiger partial charge in [-0.25, -0.2) is 4.39 Å². The molecule has 0 aliphatic carbocycles. The van der Waals surface area contributed by atoms with Crippen LogP contribution < -0.4 is 0 Å². The maximum atomic E-state index is 13.0. The van der Waals surface area contributed by atoms with Gasteiger partial charge < -0.3 is 0 Å². The highest BCUT2D eigenvalue weighted by Gasteiger charge is 2.10. The minimum atomic E-state index is -0.486. The summed E-state index contributed by atoms with van der Waals surface area (Å²) in [5.74, 6) is -0.856. The summed E-state index contributed by atoms with van der Waals surface area (Å²) in [5, 5.41) is 0. The van der Waals surface area contributed by atoms with Gasteiger partial charge in [-0.2, -0.15) is 0 Å². The first kappa shape index (κ1) is 14.5. The van der Waals surface area contributed by atoms with E-state index in [-0.39, 0.29) is 18.0 Å². The monoisotopic (exact) mass is 226 g/mol. The highest BCUT2D eigenvalue weighted by Crippen LogP contribution is 2.13. The van der Waals surface area contributed by atoms with Crippen molar-refractivity contribution >= 4 is 5.78 Å². The number of benzene rings is 1. The molecule has 1 aromatic rings. The number of hydrogen-bond donors (Lipinski definition) is 0. The van der Waals surface area contributed by atoms with Gasteiger partial charge in [0, 0.05) is 0 Å². The van der Waals surface area contributed by atoms with Crippen LogP contribution in [0.5, 0.6) is 0 Å². The lowest BCUT2D eigenvalue weighted by molar-refractivity contribution is 0.104. The van der Waals surface area contributed by atoms with E-state index in [4.69, 9.17) is 0 Å². The highest BCUT2D eigenvalue weighted by atomic mass is 19.1. The molecule has 0 heterocycles. The molecule has 0 saturated heterocycles. The number of aryl methyl sites for hydroxylation is 1. The molecule has 1 aromatic carbocycles. The zero-order chi connectivity index (χ0) is 12.6. The van der Waals surface area contributed by atoms with E-state index in [1.54, 1.807) is 26.0 Å². The average molecular weight is 226 g/mol. The van der Waals surface area contributed by atoms with Gasteiger partial charge in [0.05, 0.1) is 12.2 Å². The van der Waals surface area contributed by atoms with Crippen molar-refractivity contribution in [3.05, 3.63) is 47.8 Å². The molecule has 0 spiro atoms. The van der Waals surface area contributed by atoms with Crippen LogP contribution in [0.15, 0.2) is 30.9 Å². The largest absolute Gasteiger partial charge is 0.289 e. The fourth-order valence-corrected chi connectivity index (χ4v) is 1.05. The van der Waals surface area contributed by atoms with Crippen LogP contribution >= 0.6 is 0 Å². The van der Waals surface area contributed by atoms with Crippen LogP contribution in [0.3, 0.4) is 0 Å². The summed E-state index contributed by atoms with van der Waals surface area (Å²) >= 11 is 0. The van der Waals surface area contributed by atoms with E-state index in [0.717, 1.165) is 6.08 Å². The number of hydrogen-bond acceptors (Lipinski definition) is 1. The van der Waals surface area contributed by atoms with Gasteiger partial charge in [-0.1, -0.05) is 25.6 Å². The number of halogens is 2. The van der Waals surface area contributed by atoms with Gasteiger partial charge in [0.15, 0.2) is 5.78 Å². The Morgan fingerprint density at radius 3 is 2.44 bits per heavy atom. The van der Waals surface area contributed by atoms with Crippen molar-refractivity contribution in [3.8, 4) is 0 Å². The lowest BCUT2D eigenvalue weighted by atomic mass is 10.0. The topological polar surface area (TPSA) is 17.1 Å². The van der Waals surface area contributed by atoms with E-state index in [9.17, 15) is 13.6 Å². The van der Waals surface area contributed by atoms with Gasteiger partial charge in [0.1, 0.15) is 5.82 Å².